The summed E-state index contributed by atoms with van der Waals surface area (Å²) < 4.78 is 2.33. The van der Waals surface area contributed by atoms with Crippen molar-refractivity contribution in [1.82, 2.24) is 9.47 Å². The Morgan fingerprint density at radius 3 is 2.64 bits per heavy atom. The SMILES string of the molecule is Cc1cc2ccccc2n1CN(C)C. The van der Waals surface area contributed by atoms with Crippen molar-refractivity contribution in [3.05, 3.63) is 36.0 Å². The van der Waals surface area contributed by atoms with Crippen molar-refractivity contribution in [1.29, 1.82) is 0 Å². The van der Waals surface area contributed by atoms with Crippen molar-refractivity contribution < 1.29 is 0 Å². The minimum atomic E-state index is 0.944. The van der Waals surface area contributed by atoms with Gasteiger partial charge in [-0.25, -0.2) is 0 Å². The molecule has 2 nitrogen and oxygen atoms in total. The molecule has 0 aliphatic rings. The Balaban J connectivity index is 2.56. The van der Waals surface area contributed by atoms with Crippen LogP contribution in [0.4, 0.5) is 0 Å². The molecule has 14 heavy (non-hydrogen) atoms. The quantitative estimate of drug-likeness (QED) is 0.703. The average Bonchev–Trinajstić information content (AvgIpc) is 2.43. The largest absolute Gasteiger partial charge is 0.331 e. The van der Waals surface area contributed by atoms with Gasteiger partial charge in [-0.05, 0) is 38.5 Å². The lowest BCUT2D eigenvalue weighted by Crippen LogP contribution is -2.17. The van der Waals surface area contributed by atoms with Gasteiger partial charge in [0.15, 0.2) is 0 Å². The maximum atomic E-state index is 2.33. The molecule has 0 amide bonds. The van der Waals surface area contributed by atoms with Crippen molar-refractivity contribution in [3.8, 4) is 0 Å². The molecule has 0 radical (unpaired) electrons. The monoisotopic (exact) mass is 188 g/mol. The molecule has 0 aliphatic carbocycles. The molecule has 0 spiro atoms. The topological polar surface area (TPSA) is 8.17 Å². The van der Waals surface area contributed by atoms with Crippen LogP contribution in [0.5, 0.6) is 0 Å². The van der Waals surface area contributed by atoms with E-state index in [0.717, 1.165) is 6.67 Å². The van der Waals surface area contributed by atoms with Crippen LogP contribution in [0.25, 0.3) is 10.9 Å². The summed E-state index contributed by atoms with van der Waals surface area (Å²) in [5.74, 6) is 0. The van der Waals surface area contributed by atoms with Gasteiger partial charge in [-0.1, -0.05) is 18.2 Å². The Labute approximate surface area is 84.8 Å². The minimum absolute atomic E-state index is 0.944. The third-order valence-corrected chi connectivity index (χ3v) is 2.44. The molecule has 2 aromatic rings. The summed E-state index contributed by atoms with van der Waals surface area (Å²) in [5, 5.41) is 1.33. The normalized spacial score (nSPS) is 11.4. The number of fused-ring (bicyclic) bond motifs is 1. The van der Waals surface area contributed by atoms with Crippen molar-refractivity contribution >= 4 is 10.9 Å². The Hall–Kier alpha value is -1.28. The highest BCUT2D eigenvalue weighted by atomic mass is 15.2. The molecule has 74 valence electrons. The number of aryl methyl sites for hydroxylation is 1. The maximum Gasteiger partial charge on any atom is 0.0748 e. The van der Waals surface area contributed by atoms with Gasteiger partial charge in [0.2, 0.25) is 0 Å². The van der Waals surface area contributed by atoms with Gasteiger partial charge in [-0.2, -0.15) is 0 Å². The number of hydrogen-bond donors (Lipinski definition) is 0. The molecule has 1 heterocycles. The highest BCUT2D eigenvalue weighted by molar-refractivity contribution is 5.81. The van der Waals surface area contributed by atoms with Gasteiger partial charge in [-0.15, -0.1) is 0 Å². The van der Waals surface area contributed by atoms with Gasteiger partial charge in [-0.3, -0.25) is 4.90 Å². The third-order valence-electron chi connectivity index (χ3n) is 2.44. The number of benzene rings is 1. The predicted octanol–water partition coefficient (Wildman–Crippen LogP) is 2.47. The third kappa shape index (κ3) is 1.53. The van der Waals surface area contributed by atoms with Gasteiger partial charge >= 0.3 is 0 Å². The lowest BCUT2D eigenvalue weighted by atomic mass is 10.2. The maximum absolute atomic E-state index is 2.33. The van der Waals surface area contributed by atoms with Crippen molar-refractivity contribution in [2.75, 3.05) is 14.1 Å². The van der Waals surface area contributed by atoms with E-state index in [1.54, 1.807) is 0 Å². The summed E-state index contributed by atoms with van der Waals surface area (Å²) >= 11 is 0. The molecule has 2 heteroatoms. The number of aromatic nitrogens is 1. The van der Waals surface area contributed by atoms with Crippen molar-refractivity contribution in [3.63, 3.8) is 0 Å². The van der Waals surface area contributed by atoms with E-state index in [1.165, 1.54) is 16.6 Å². The second-order valence-corrected chi connectivity index (χ2v) is 3.99. The Morgan fingerprint density at radius 1 is 1.21 bits per heavy atom. The van der Waals surface area contributed by atoms with E-state index in [4.69, 9.17) is 0 Å². The number of hydrogen-bond acceptors (Lipinski definition) is 1. The zero-order chi connectivity index (χ0) is 10.1. The molecule has 1 aromatic heterocycles. The zero-order valence-corrected chi connectivity index (χ0v) is 8.99. The van der Waals surface area contributed by atoms with Crippen LogP contribution in [0.15, 0.2) is 30.3 Å². The standard InChI is InChI=1S/C12H16N2/c1-10-8-11-6-4-5-7-12(11)14(10)9-13(2)3/h4-8H,9H2,1-3H3. The van der Waals surface area contributed by atoms with Gasteiger partial charge in [0.1, 0.15) is 0 Å². The summed E-state index contributed by atoms with van der Waals surface area (Å²) in [5.41, 5.74) is 2.64. The van der Waals surface area contributed by atoms with E-state index >= 15 is 0 Å². The number of nitrogens with zero attached hydrogens (tertiary/aromatic N) is 2. The van der Waals surface area contributed by atoms with Crippen LogP contribution < -0.4 is 0 Å². The first-order valence-corrected chi connectivity index (χ1v) is 4.88. The van der Waals surface area contributed by atoms with Crippen molar-refractivity contribution in [2.45, 2.75) is 13.6 Å². The minimum Gasteiger partial charge on any atom is -0.331 e. The van der Waals surface area contributed by atoms with E-state index in [-0.39, 0.29) is 0 Å². The molecule has 2 rings (SSSR count). The molecule has 0 unspecified atom stereocenters. The Kier molecular flexibility index (Phi) is 2.30. The van der Waals surface area contributed by atoms with Crippen LogP contribution in [-0.2, 0) is 6.67 Å². The fourth-order valence-electron chi connectivity index (χ4n) is 1.82. The zero-order valence-electron chi connectivity index (χ0n) is 8.99. The highest BCUT2D eigenvalue weighted by Gasteiger charge is 2.04. The summed E-state index contributed by atoms with van der Waals surface area (Å²) in [6.07, 6.45) is 0. The molecule has 0 fully saturated rings. The molecule has 0 aliphatic heterocycles. The van der Waals surface area contributed by atoms with Gasteiger partial charge in [0, 0.05) is 11.2 Å². The van der Waals surface area contributed by atoms with E-state index in [1.807, 2.05) is 0 Å². The molecule has 0 atom stereocenters. The second kappa shape index (κ2) is 3.46. The molecule has 0 N–H and O–H groups in total. The Bertz CT molecular complexity index is 441. The molecule has 1 aromatic carbocycles. The summed E-state index contributed by atoms with van der Waals surface area (Å²) in [7, 11) is 4.18. The first-order valence-electron chi connectivity index (χ1n) is 4.88. The lowest BCUT2D eigenvalue weighted by molar-refractivity contribution is 0.329. The van der Waals surface area contributed by atoms with Gasteiger partial charge < -0.3 is 4.57 Å². The molecule has 0 bridgehead atoms. The lowest BCUT2D eigenvalue weighted by Gasteiger charge is -2.14. The summed E-state index contributed by atoms with van der Waals surface area (Å²) in [4.78, 5) is 2.18. The van der Waals surface area contributed by atoms with Crippen LogP contribution in [-0.4, -0.2) is 23.6 Å². The second-order valence-electron chi connectivity index (χ2n) is 3.99. The molecular formula is C12H16N2. The van der Waals surface area contributed by atoms with Gasteiger partial charge in [0.05, 0.1) is 6.67 Å². The molecule has 0 saturated heterocycles. The Morgan fingerprint density at radius 2 is 1.93 bits per heavy atom. The number of rotatable bonds is 2. The highest BCUT2D eigenvalue weighted by Crippen LogP contribution is 2.18. The van der Waals surface area contributed by atoms with E-state index in [9.17, 15) is 0 Å². The molecule has 0 saturated carbocycles. The van der Waals surface area contributed by atoms with Crippen LogP contribution in [0.1, 0.15) is 5.69 Å². The number of para-hydroxylation sites is 1. The van der Waals surface area contributed by atoms with Crippen molar-refractivity contribution in [2.24, 2.45) is 0 Å². The van der Waals surface area contributed by atoms with E-state index < -0.39 is 0 Å². The fraction of sp³-hybridized carbons (Fsp3) is 0.333. The van der Waals surface area contributed by atoms with Crippen LogP contribution in [0, 0.1) is 6.92 Å². The predicted molar refractivity (Wildman–Crippen MR) is 60.4 cm³/mol. The van der Waals surface area contributed by atoms with E-state index in [2.05, 4.69) is 60.8 Å². The summed E-state index contributed by atoms with van der Waals surface area (Å²) in [6.45, 7) is 3.10. The van der Waals surface area contributed by atoms with Gasteiger partial charge in [0.25, 0.3) is 0 Å². The van der Waals surface area contributed by atoms with Crippen LogP contribution >= 0.6 is 0 Å². The first kappa shape index (κ1) is 9.28. The smallest absolute Gasteiger partial charge is 0.0748 e. The molecular weight excluding hydrogens is 172 g/mol. The van der Waals surface area contributed by atoms with E-state index in [0.29, 0.717) is 0 Å². The average molecular weight is 188 g/mol. The first-order chi connectivity index (χ1) is 6.68. The van der Waals surface area contributed by atoms with Crippen LogP contribution in [0.2, 0.25) is 0 Å². The summed E-state index contributed by atoms with van der Waals surface area (Å²) in [6, 6.07) is 10.7. The van der Waals surface area contributed by atoms with Crippen LogP contribution in [0.3, 0.4) is 0 Å². The fourth-order valence-corrected chi connectivity index (χ4v) is 1.82.